The lowest BCUT2D eigenvalue weighted by Crippen LogP contribution is -2.45. The molecule has 7 heteroatoms. The number of rotatable bonds is 7. The molecule has 1 atom stereocenters. The van der Waals surface area contributed by atoms with Crippen LogP contribution in [0.5, 0.6) is 0 Å². The molecule has 2 heterocycles. The van der Waals surface area contributed by atoms with Gasteiger partial charge in [-0.1, -0.05) is 48.5 Å². The number of benzene rings is 2. The summed E-state index contributed by atoms with van der Waals surface area (Å²) in [5, 5.41) is 3.25. The predicted molar refractivity (Wildman–Crippen MR) is 133 cm³/mol. The van der Waals surface area contributed by atoms with E-state index >= 15 is 0 Å². The number of carbonyl (C=O) groups is 1. The van der Waals surface area contributed by atoms with Crippen molar-refractivity contribution < 1.29 is 4.79 Å². The van der Waals surface area contributed by atoms with E-state index in [0.717, 1.165) is 17.4 Å². The summed E-state index contributed by atoms with van der Waals surface area (Å²) in [6, 6.07) is 20.8. The van der Waals surface area contributed by atoms with E-state index in [4.69, 9.17) is 0 Å². The third kappa shape index (κ3) is 4.83. The standard InChI is InChI=1S/C27H28N4O3/c1-18-16-20(3)29-25-24(18)26(33)30(27(34)31(25)22-12-8-5-9-13-22)17-23(32)28-19(2)14-15-21-10-6-4-7-11-21/h4-13,16,19H,14-15,17H2,1-3H3,(H,28,32)/t19-/m0/s1. The Morgan fingerprint density at radius 1 is 1.00 bits per heavy atom. The van der Waals surface area contributed by atoms with Gasteiger partial charge in [-0.25, -0.2) is 18.9 Å². The van der Waals surface area contributed by atoms with Crippen LogP contribution in [0.1, 0.15) is 30.2 Å². The fourth-order valence-electron chi connectivity index (χ4n) is 4.19. The molecule has 0 saturated heterocycles. The van der Waals surface area contributed by atoms with Crippen molar-refractivity contribution in [3.8, 4) is 5.69 Å². The SMILES string of the molecule is Cc1cc(C)c2c(=O)n(CC(=O)N[C@@H](C)CCc3ccccc3)c(=O)n(-c3ccccc3)c2n1. The van der Waals surface area contributed by atoms with E-state index < -0.39 is 11.2 Å². The predicted octanol–water partition coefficient (Wildman–Crippen LogP) is 3.30. The van der Waals surface area contributed by atoms with E-state index in [2.05, 4.69) is 10.3 Å². The number of para-hydroxylation sites is 1. The van der Waals surface area contributed by atoms with Gasteiger partial charge in [0.25, 0.3) is 5.56 Å². The van der Waals surface area contributed by atoms with Crippen LogP contribution in [0.3, 0.4) is 0 Å². The first-order valence-corrected chi connectivity index (χ1v) is 11.4. The Morgan fingerprint density at radius 3 is 2.32 bits per heavy atom. The van der Waals surface area contributed by atoms with E-state index in [9.17, 15) is 14.4 Å². The minimum atomic E-state index is -0.590. The molecule has 0 aliphatic heterocycles. The number of nitrogens with one attached hydrogen (secondary N) is 1. The summed E-state index contributed by atoms with van der Waals surface area (Å²) in [5.74, 6) is -0.378. The van der Waals surface area contributed by atoms with Crippen molar-refractivity contribution in [2.75, 3.05) is 0 Å². The van der Waals surface area contributed by atoms with E-state index in [0.29, 0.717) is 28.0 Å². The fourth-order valence-corrected chi connectivity index (χ4v) is 4.19. The second-order valence-electron chi connectivity index (χ2n) is 8.62. The minimum Gasteiger partial charge on any atom is -0.352 e. The number of carbonyl (C=O) groups excluding carboxylic acids is 1. The maximum absolute atomic E-state index is 13.5. The van der Waals surface area contributed by atoms with Crippen LogP contribution < -0.4 is 16.6 Å². The first-order chi connectivity index (χ1) is 16.3. The molecule has 7 nitrogen and oxygen atoms in total. The number of hydrogen-bond donors (Lipinski definition) is 1. The second kappa shape index (κ2) is 9.87. The van der Waals surface area contributed by atoms with Gasteiger partial charge in [0.1, 0.15) is 6.54 Å². The first-order valence-electron chi connectivity index (χ1n) is 11.4. The molecule has 0 radical (unpaired) electrons. The van der Waals surface area contributed by atoms with Crippen molar-refractivity contribution >= 4 is 16.9 Å². The fraction of sp³-hybridized carbons (Fsp3) is 0.259. The quantitative estimate of drug-likeness (QED) is 0.462. The molecule has 4 rings (SSSR count). The first kappa shape index (κ1) is 23.2. The van der Waals surface area contributed by atoms with E-state index in [-0.39, 0.29) is 18.5 Å². The summed E-state index contributed by atoms with van der Waals surface area (Å²) in [4.78, 5) is 44.1. The topological polar surface area (TPSA) is 86.0 Å². The van der Waals surface area contributed by atoms with E-state index in [1.54, 1.807) is 18.2 Å². The van der Waals surface area contributed by atoms with Crippen LogP contribution in [0.4, 0.5) is 0 Å². The highest BCUT2D eigenvalue weighted by Crippen LogP contribution is 2.16. The molecule has 0 saturated carbocycles. The van der Waals surface area contributed by atoms with Gasteiger partial charge in [-0.3, -0.25) is 9.59 Å². The Labute approximate surface area is 197 Å². The maximum atomic E-state index is 13.5. The van der Waals surface area contributed by atoms with Gasteiger partial charge in [-0.05, 0) is 62.9 Å². The summed E-state index contributed by atoms with van der Waals surface area (Å²) in [5.41, 5.74) is 2.39. The number of nitrogens with zero attached hydrogens (tertiary/aromatic N) is 3. The van der Waals surface area contributed by atoms with Crippen molar-refractivity contribution in [2.45, 2.75) is 46.2 Å². The second-order valence-corrected chi connectivity index (χ2v) is 8.62. The molecule has 0 unspecified atom stereocenters. The zero-order valence-corrected chi connectivity index (χ0v) is 19.6. The van der Waals surface area contributed by atoms with Gasteiger partial charge in [-0.15, -0.1) is 0 Å². The Balaban J connectivity index is 1.67. The molecular formula is C27H28N4O3. The molecule has 0 fully saturated rings. The smallest absolute Gasteiger partial charge is 0.337 e. The molecule has 0 spiro atoms. The van der Waals surface area contributed by atoms with Crippen LogP contribution in [0.25, 0.3) is 16.7 Å². The van der Waals surface area contributed by atoms with Gasteiger partial charge >= 0.3 is 5.69 Å². The average Bonchev–Trinajstić information content (AvgIpc) is 2.81. The lowest BCUT2D eigenvalue weighted by Gasteiger charge is -2.17. The molecule has 2 aromatic heterocycles. The Kier molecular flexibility index (Phi) is 6.72. The van der Waals surface area contributed by atoms with E-state index in [1.807, 2.05) is 69.3 Å². The number of aryl methyl sites for hydroxylation is 3. The van der Waals surface area contributed by atoms with Crippen LogP contribution >= 0.6 is 0 Å². The number of pyridine rings is 1. The van der Waals surface area contributed by atoms with Crippen LogP contribution in [0.15, 0.2) is 76.3 Å². The third-order valence-electron chi connectivity index (χ3n) is 5.85. The molecule has 4 aromatic rings. The van der Waals surface area contributed by atoms with Crippen molar-refractivity contribution in [3.05, 3.63) is 104 Å². The van der Waals surface area contributed by atoms with Crippen molar-refractivity contribution in [2.24, 2.45) is 0 Å². The lowest BCUT2D eigenvalue weighted by atomic mass is 10.1. The van der Waals surface area contributed by atoms with E-state index in [1.165, 1.54) is 10.1 Å². The number of fused-ring (bicyclic) bond motifs is 1. The lowest BCUT2D eigenvalue weighted by molar-refractivity contribution is -0.122. The summed E-state index contributed by atoms with van der Waals surface area (Å²) >= 11 is 0. The summed E-state index contributed by atoms with van der Waals surface area (Å²) in [6.07, 6.45) is 1.57. The Morgan fingerprint density at radius 2 is 1.65 bits per heavy atom. The minimum absolute atomic E-state index is 0.105. The molecule has 174 valence electrons. The normalized spacial score (nSPS) is 12.0. The van der Waals surface area contributed by atoms with Crippen molar-refractivity contribution in [3.63, 3.8) is 0 Å². The molecule has 0 aliphatic rings. The number of amides is 1. The van der Waals surface area contributed by atoms with Gasteiger partial charge in [0.15, 0.2) is 5.65 Å². The van der Waals surface area contributed by atoms with Gasteiger partial charge < -0.3 is 5.32 Å². The summed E-state index contributed by atoms with van der Waals surface area (Å²) in [6.45, 7) is 5.20. The van der Waals surface area contributed by atoms with Crippen LogP contribution in [-0.4, -0.2) is 26.1 Å². The van der Waals surface area contributed by atoms with Crippen LogP contribution in [0.2, 0.25) is 0 Å². The zero-order valence-electron chi connectivity index (χ0n) is 19.6. The molecule has 0 aliphatic carbocycles. The molecule has 1 amide bonds. The molecule has 2 aromatic carbocycles. The van der Waals surface area contributed by atoms with Gasteiger partial charge in [-0.2, -0.15) is 0 Å². The third-order valence-corrected chi connectivity index (χ3v) is 5.85. The van der Waals surface area contributed by atoms with Crippen molar-refractivity contribution in [1.29, 1.82) is 0 Å². The molecule has 34 heavy (non-hydrogen) atoms. The van der Waals surface area contributed by atoms with Gasteiger partial charge in [0, 0.05) is 11.7 Å². The average molecular weight is 457 g/mol. The van der Waals surface area contributed by atoms with Gasteiger partial charge in [0.05, 0.1) is 11.1 Å². The van der Waals surface area contributed by atoms with Crippen molar-refractivity contribution in [1.82, 2.24) is 19.4 Å². The van der Waals surface area contributed by atoms with Crippen LogP contribution in [-0.2, 0) is 17.8 Å². The molecule has 0 bridgehead atoms. The highest BCUT2D eigenvalue weighted by molar-refractivity contribution is 5.81. The zero-order chi connectivity index (χ0) is 24.2. The maximum Gasteiger partial charge on any atom is 0.337 e. The molecule has 1 N–H and O–H groups in total. The highest BCUT2D eigenvalue weighted by atomic mass is 16.2. The number of aromatic nitrogens is 3. The summed E-state index contributed by atoms with van der Waals surface area (Å²) in [7, 11) is 0. The highest BCUT2D eigenvalue weighted by Gasteiger charge is 2.20. The molecular weight excluding hydrogens is 428 g/mol. The monoisotopic (exact) mass is 456 g/mol. The number of hydrogen-bond acceptors (Lipinski definition) is 4. The Bertz CT molecular complexity index is 1440. The van der Waals surface area contributed by atoms with Crippen LogP contribution in [0, 0.1) is 13.8 Å². The largest absolute Gasteiger partial charge is 0.352 e. The van der Waals surface area contributed by atoms with Gasteiger partial charge in [0.2, 0.25) is 5.91 Å². The Hall–Kier alpha value is -4.00. The summed E-state index contributed by atoms with van der Waals surface area (Å²) < 4.78 is 2.40.